The fourth-order valence-electron chi connectivity index (χ4n) is 6.28. The van der Waals surface area contributed by atoms with Crippen LogP contribution in [0.15, 0.2) is 72.3 Å². The zero-order valence-electron chi connectivity index (χ0n) is 34.9. The van der Waals surface area contributed by atoms with E-state index < -0.39 is 11.8 Å². The molecule has 5 aromatic rings. The smallest absolute Gasteiger partial charge is 0.342 e. The molecular formula is C45H52N2O10S. The second-order valence-electron chi connectivity index (χ2n) is 14.9. The standard InChI is InChI=1S/C31H32N2O6S.C14H20O4/c1-17(2)37-27-15-20(14-26(36-6)29(27)38-18(3)4)13-23-28(21-9-12-24-25(16-21)33-40-32-24)30(34)39-31(23,35)22-10-7-19(5)8-11-22;1-9(2)17-13-7-11(8-15)6-12(16-5)14(13)18-10(3)4/h7-12,14-18,35H,13H2,1-6H3;6-10H,1-5H3. The first kappa shape index (κ1) is 43.5. The van der Waals surface area contributed by atoms with Gasteiger partial charge in [0.2, 0.25) is 11.5 Å². The van der Waals surface area contributed by atoms with Gasteiger partial charge in [-0.3, -0.25) is 4.79 Å². The number of methoxy groups -OCH3 is 2. The molecule has 1 aliphatic heterocycles. The zero-order chi connectivity index (χ0) is 42.3. The number of nitrogens with zero attached hydrogens (tertiary/aromatic N) is 2. The van der Waals surface area contributed by atoms with Gasteiger partial charge in [-0.2, -0.15) is 8.75 Å². The van der Waals surface area contributed by atoms with Gasteiger partial charge in [0.25, 0.3) is 5.79 Å². The minimum atomic E-state index is -1.98. The maximum atomic E-state index is 13.5. The van der Waals surface area contributed by atoms with Crippen molar-refractivity contribution in [2.45, 2.75) is 98.9 Å². The number of esters is 1. The van der Waals surface area contributed by atoms with Crippen molar-refractivity contribution in [3.63, 3.8) is 0 Å². The lowest BCUT2D eigenvalue weighted by molar-refractivity contribution is -0.185. The third-order valence-corrected chi connectivity index (χ3v) is 9.21. The Labute approximate surface area is 344 Å². The Kier molecular flexibility index (Phi) is 14.0. The number of aryl methyl sites for hydroxylation is 1. The molecule has 1 N–H and O–H groups in total. The molecule has 12 nitrogen and oxygen atoms in total. The number of ether oxygens (including phenoxy) is 7. The van der Waals surface area contributed by atoms with Gasteiger partial charge in [0.15, 0.2) is 23.0 Å². The van der Waals surface area contributed by atoms with Crippen molar-refractivity contribution < 1.29 is 47.9 Å². The average Bonchev–Trinajstić information content (AvgIpc) is 3.73. The quantitative estimate of drug-likeness (QED) is 0.0795. The predicted molar refractivity (Wildman–Crippen MR) is 224 cm³/mol. The Hall–Kier alpha value is -5.66. The van der Waals surface area contributed by atoms with Gasteiger partial charge in [-0.15, -0.1) is 0 Å². The SMILES string of the molecule is COc1cc(C=O)cc(OC(C)C)c1OC(C)C.COc1cc(CC2=C(c3ccc4nsnc4c3)C(=O)OC2(O)c2ccc(C)cc2)cc(OC(C)C)c1OC(C)C. The van der Waals surface area contributed by atoms with Crippen LogP contribution in [0.25, 0.3) is 16.6 Å². The largest absolute Gasteiger partial charge is 0.493 e. The molecule has 1 aliphatic rings. The molecule has 6 rings (SSSR count). The van der Waals surface area contributed by atoms with E-state index in [2.05, 4.69) is 8.75 Å². The molecule has 0 saturated heterocycles. The van der Waals surface area contributed by atoms with Gasteiger partial charge >= 0.3 is 5.97 Å². The predicted octanol–water partition coefficient (Wildman–Crippen LogP) is 9.06. The van der Waals surface area contributed by atoms with Gasteiger partial charge < -0.3 is 38.3 Å². The highest BCUT2D eigenvalue weighted by molar-refractivity contribution is 7.00. The fourth-order valence-corrected chi connectivity index (χ4v) is 6.80. The normalized spacial score (nSPS) is 15.1. The van der Waals surface area contributed by atoms with Crippen LogP contribution in [0.5, 0.6) is 34.5 Å². The summed E-state index contributed by atoms with van der Waals surface area (Å²) in [5, 5.41) is 12.1. The molecule has 1 atom stereocenters. The van der Waals surface area contributed by atoms with Crippen LogP contribution in [0.4, 0.5) is 0 Å². The molecule has 0 spiro atoms. The van der Waals surface area contributed by atoms with Gasteiger partial charge in [-0.1, -0.05) is 35.9 Å². The lowest BCUT2D eigenvalue weighted by atomic mass is 9.87. The number of aldehydes is 1. The van der Waals surface area contributed by atoms with Gasteiger partial charge in [-0.05, 0) is 110 Å². The summed E-state index contributed by atoms with van der Waals surface area (Å²) < 4.78 is 48.9. The maximum Gasteiger partial charge on any atom is 0.342 e. The number of aliphatic hydroxyl groups is 1. The van der Waals surface area contributed by atoms with Gasteiger partial charge in [0.05, 0.1) is 55.9 Å². The van der Waals surface area contributed by atoms with Crippen LogP contribution in [0.1, 0.15) is 88.0 Å². The summed E-state index contributed by atoms with van der Waals surface area (Å²) in [7, 11) is 3.11. The second-order valence-corrected chi connectivity index (χ2v) is 15.4. The van der Waals surface area contributed by atoms with Crippen LogP contribution in [0.2, 0.25) is 0 Å². The number of cyclic esters (lactones) is 1. The highest BCUT2D eigenvalue weighted by Gasteiger charge is 2.48. The first-order chi connectivity index (χ1) is 27.6. The van der Waals surface area contributed by atoms with Crippen LogP contribution in [0.3, 0.4) is 0 Å². The van der Waals surface area contributed by atoms with E-state index in [1.165, 1.54) is 7.11 Å². The van der Waals surface area contributed by atoms with Crippen LogP contribution >= 0.6 is 11.7 Å². The van der Waals surface area contributed by atoms with E-state index in [0.717, 1.165) is 34.7 Å². The Morgan fingerprint density at radius 2 is 1.22 bits per heavy atom. The number of hydrogen-bond acceptors (Lipinski definition) is 13. The summed E-state index contributed by atoms with van der Waals surface area (Å²) in [6.07, 6.45) is 0.692. The lowest BCUT2D eigenvalue weighted by Crippen LogP contribution is -2.29. The Bertz CT molecular complexity index is 2260. The highest BCUT2D eigenvalue weighted by Crippen LogP contribution is 2.47. The summed E-state index contributed by atoms with van der Waals surface area (Å²) in [6, 6.07) is 19.7. The molecule has 4 aromatic carbocycles. The van der Waals surface area contributed by atoms with E-state index >= 15 is 0 Å². The van der Waals surface area contributed by atoms with E-state index in [9.17, 15) is 14.7 Å². The molecule has 1 aromatic heterocycles. The van der Waals surface area contributed by atoms with E-state index in [0.29, 0.717) is 62.3 Å². The van der Waals surface area contributed by atoms with E-state index in [-0.39, 0.29) is 36.4 Å². The molecule has 0 fully saturated rings. The monoisotopic (exact) mass is 812 g/mol. The molecule has 0 aliphatic carbocycles. The van der Waals surface area contributed by atoms with Crippen molar-refractivity contribution in [3.05, 3.63) is 100 Å². The Morgan fingerprint density at radius 1 is 0.707 bits per heavy atom. The number of benzene rings is 4. The molecule has 2 heterocycles. The van der Waals surface area contributed by atoms with Crippen molar-refractivity contribution in [3.8, 4) is 34.5 Å². The van der Waals surface area contributed by atoms with Crippen LogP contribution in [-0.4, -0.2) is 64.7 Å². The molecule has 0 amide bonds. The second kappa shape index (κ2) is 18.7. The van der Waals surface area contributed by atoms with E-state index in [1.54, 1.807) is 43.5 Å². The number of carbonyl (C=O) groups is 2. The molecule has 0 radical (unpaired) electrons. The summed E-state index contributed by atoms with van der Waals surface area (Å²) in [4.78, 5) is 24.4. The summed E-state index contributed by atoms with van der Waals surface area (Å²) in [5.74, 6) is 0.469. The third-order valence-electron chi connectivity index (χ3n) is 8.65. The number of carbonyl (C=O) groups excluding carboxylic acids is 2. The van der Waals surface area contributed by atoms with Crippen LogP contribution in [0, 0.1) is 6.92 Å². The summed E-state index contributed by atoms with van der Waals surface area (Å²) in [5.41, 5.74) is 5.39. The minimum Gasteiger partial charge on any atom is -0.493 e. The van der Waals surface area contributed by atoms with Crippen molar-refractivity contribution >= 4 is 40.6 Å². The van der Waals surface area contributed by atoms with Gasteiger partial charge in [0.1, 0.15) is 17.3 Å². The molecular weight excluding hydrogens is 761 g/mol. The van der Waals surface area contributed by atoms with Crippen LogP contribution in [-0.2, 0) is 21.7 Å². The van der Waals surface area contributed by atoms with Gasteiger partial charge in [-0.25, -0.2) is 4.79 Å². The average molecular weight is 813 g/mol. The number of hydrogen-bond donors (Lipinski definition) is 1. The zero-order valence-corrected chi connectivity index (χ0v) is 35.7. The first-order valence-electron chi connectivity index (χ1n) is 19.1. The molecule has 0 bridgehead atoms. The lowest BCUT2D eigenvalue weighted by Gasteiger charge is -2.26. The van der Waals surface area contributed by atoms with Crippen LogP contribution < -0.4 is 28.4 Å². The van der Waals surface area contributed by atoms with Crippen molar-refractivity contribution in [2.75, 3.05) is 14.2 Å². The molecule has 1 unspecified atom stereocenters. The maximum absolute atomic E-state index is 13.5. The Balaban J connectivity index is 0.000000299. The minimum absolute atomic E-state index is 0.00417. The summed E-state index contributed by atoms with van der Waals surface area (Å²) in [6.45, 7) is 17.4. The van der Waals surface area contributed by atoms with Crippen molar-refractivity contribution in [2.24, 2.45) is 0 Å². The topological polar surface area (TPSA) is 145 Å². The third kappa shape index (κ3) is 10.1. The number of rotatable bonds is 15. The fraction of sp³-hybridized carbons (Fsp3) is 0.378. The van der Waals surface area contributed by atoms with E-state index in [4.69, 9.17) is 33.2 Å². The number of aromatic nitrogens is 2. The summed E-state index contributed by atoms with van der Waals surface area (Å²) >= 11 is 1.10. The molecule has 13 heteroatoms. The van der Waals surface area contributed by atoms with Crippen molar-refractivity contribution in [1.82, 2.24) is 8.75 Å². The number of fused-ring (bicyclic) bond motifs is 1. The molecule has 0 saturated carbocycles. The molecule has 308 valence electrons. The Morgan fingerprint density at radius 3 is 1.78 bits per heavy atom. The highest BCUT2D eigenvalue weighted by atomic mass is 32.1. The van der Waals surface area contributed by atoms with E-state index in [1.807, 2.05) is 92.6 Å². The molecule has 58 heavy (non-hydrogen) atoms. The van der Waals surface area contributed by atoms with Crippen molar-refractivity contribution in [1.29, 1.82) is 0 Å². The van der Waals surface area contributed by atoms with Gasteiger partial charge in [0, 0.05) is 23.1 Å². The first-order valence-corrected chi connectivity index (χ1v) is 19.8.